The molecular formula is C19H25N5S. The average Bonchev–Trinajstić information content (AvgIpc) is 3.31. The maximum atomic E-state index is 4.56. The number of nitrogens with one attached hydrogen (secondary N) is 2. The fourth-order valence-corrected chi connectivity index (χ4v) is 5.20. The summed E-state index contributed by atoms with van der Waals surface area (Å²) in [5, 5.41) is 6.98. The second kappa shape index (κ2) is 6.11. The van der Waals surface area contributed by atoms with Gasteiger partial charge < -0.3 is 15.2 Å². The van der Waals surface area contributed by atoms with Crippen molar-refractivity contribution >= 4 is 28.3 Å². The summed E-state index contributed by atoms with van der Waals surface area (Å²) in [7, 11) is 0. The quantitative estimate of drug-likeness (QED) is 0.732. The van der Waals surface area contributed by atoms with Gasteiger partial charge in [-0.25, -0.2) is 9.36 Å². The molecule has 0 saturated carbocycles. The van der Waals surface area contributed by atoms with E-state index >= 15 is 0 Å². The molecule has 3 aromatic heterocycles. The number of aromatic nitrogens is 3. The number of rotatable bonds is 2. The van der Waals surface area contributed by atoms with E-state index in [0.29, 0.717) is 5.41 Å². The van der Waals surface area contributed by atoms with Crippen LogP contribution < -0.4 is 10.2 Å². The number of hydrogen-bond donors (Lipinski definition) is 2. The molecule has 2 saturated heterocycles. The smallest absolute Gasteiger partial charge is 0.139 e. The lowest BCUT2D eigenvalue weighted by Crippen LogP contribution is -2.51. The van der Waals surface area contributed by atoms with Gasteiger partial charge in [0.15, 0.2) is 0 Å². The van der Waals surface area contributed by atoms with Gasteiger partial charge in [0.05, 0.1) is 0 Å². The van der Waals surface area contributed by atoms with Crippen molar-refractivity contribution in [3.05, 3.63) is 30.0 Å². The van der Waals surface area contributed by atoms with E-state index in [9.17, 15) is 0 Å². The molecule has 2 aliphatic heterocycles. The highest BCUT2D eigenvalue weighted by atomic mass is 32.1. The van der Waals surface area contributed by atoms with Crippen molar-refractivity contribution in [3.63, 3.8) is 0 Å². The minimum absolute atomic E-state index is 0. The molecule has 0 aromatic carbocycles. The molecule has 0 bridgehead atoms. The van der Waals surface area contributed by atoms with Gasteiger partial charge in [-0.1, -0.05) is 0 Å². The van der Waals surface area contributed by atoms with Gasteiger partial charge in [0.25, 0.3) is 0 Å². The van der Waals surface area contributed by atoms with Crippen LogP contribution in [-0.4, -0.2) is 40.5 Å². The summed E-state index contributed by atoms with van der Waals surface area (Å²) >= 11 is 1.50. The van der Waals surface area contributed by atoms with Crippen LogP contribution in [0, 0.1) is 5.41 Å². The van der Waals surface area contributed by atoms with Crippen molar-refractivity contribution in [2.75, 3.05) is 31.1 Å². The Morgan fingerprint density at radius 1 is 1.28 bits per heavy atom. The van der Waals surface area contributed by atoms with Gasteiger partial charge in [-0.15, -0.1) is 0 Å². The first kappa shape index (κ1) is 15.3. The normalized spacial score (nSPS) is 24.2. The zero-order valence-electron chi connectivity index (χ0n) is 14.3. The highest BCUT2D eigenvalue weighted by molar-refractivity contribution is 7.03. The summed E-state index contributed by atoms with van der Waals surface area (Å²) in [6.45, 7) is 4.61. The number of pyridine rings is 1. The first-order valence-electron chi connectivity index (χ1n) is 9.16. The van der Waals surface area contributed by atoms with Crippen LogP contribution in [0.1, 0.15) is 27.1 Å². The number of anilines is 1. The van der Waals surface area contributed by atoms with Gasteiger partial charge in [0.1, 0.15) is 5.65 Å². The van der Waals surface area contributed by atoms with Crippen LogP contribution in [0.5, 0.6) is 0 Å². The Kier molecular flexibility index (Phi) is 3.75. The molecule has 1 atom stereocenters. The third kappa shape index (κ3) is 2.64. The van der Waals surface area contributed by atoms with Crippen molar-refractivity contribution in [3.8, 4) is 11.1 Å². The monoisotopic (exact) mass is 355 g/mol. The lowest BCUT2D eigenvalue weighted by atomic mass is 9.74. The highest BCUT2D eigenvalue weighted by Gasteiger charge is 2.37. The molecule has 1 spiro atoms. The Hall–Kier alpha value is -1.92. The first-order valence-corrected chi connectivity index (χ1v) is 10.00. The molecule has 3 aromatic rings. The third-order valence-electron chi connectivity index (χ3n) is 5.86. The van der Waals surface area contributed by atoms with E-state index in [1.807, 2.05) is 12.4 Å². The van der Waals surface area contributed by atoms with Gasteiger partial charge >= 0.3 is 0 Å². The van der Waals surface area contributed by atoms with Crippen molar-refractivity contribution < 1.29 is 1.43 Å². The molecule has 2 fully saturated rings. The van der Waals surface area contributed by atoms with Crippen LogP contribution >= 0.6 is 11.5 Å². The molecule has 6 heteroatoms. The lowest BCUT2D eigenvalue weighted by Gasteiger charge is -2.46. The van der Waals surface area contributed by atoms with Crippen molar-refractivity contribution in [1.82, 2.24) is 19.7 Å². The molecule has 0 aliphatic carbocycles. The van der Waals surface area contributed by atoms with E-state index < -0.39 is 0 Å². The Bertz CT molecular complexity index is 864. The Labute approximate surface area is 153 Å². The Balaban J connectivity index is 0.00000168. The molecule has 5 heterocycles. The minimum Gasteiger partial charge on any atom is -0.370 e. The summed E-state index contributed by atoms with van der Waals surface area (Å²) in [5.74, 6) is 0. The zero-order valence-corrected chi connectivity index (χ0v) is 15.1. The predicted molar refractivity (Wildman–Crippen MR) is 105 cm³/mol. The van der Waals surface area contributed by atoms with Crippen molar-refractivity contribution in [2.24, 2.45) is 5.41 Å². The number of nitrogens with zero attached hydrogens (tertiary/aromatic N) is 3. The van der Waals surface area contributed by atoms with Crippen LogP contribution in [0.2, 0.25) is 0 Å². The van der Waals surface area contributed by atoms with Gasteiger partial charge in [-0.05, 0) is 49.8 Å². The lowest BCUT2D eigenvalue weighted by molar-refractivity contribution is 0.173. The number of aromatic amines is 1. The summed E-state index contributed by atoms with van der Waals surface area (Å²) < 4.78 is 4.28. The summed E-state index contributed by atoms with van der Waals surface area (Å²) in [5.41, 5.74) is 5.12. The van der Waals surface area contributed by atoms with E-state index in [4.69, 9.17) is 0 Å². The van der Waals surface area contributed by atoms with Gasteiger partial charge in [0, 0.05) is 72.6 Å². The minimum atomic E-state index is 0. The molecule has 132 valence electrons. The summed E-state index contributed by atoms with van der Waals surface area (Å²) in [6, 6.07) is 2.19. The zero-order chi connectivity index (χ0) is 16.7. The number of piperidine rings is 2. The Morgan fingerprint density at radius 3 is 3.08 bits per heavy atom. The van der Waals surface area contributed by atoms with E-state index in [1.54, 1.807) is 0 Å². The maximum absolute atomic E-state index is 4.56. The summed E-state index contributed by atoms with van der Waals surface area (Å²) in [6.07, 6.45) is 11.2. The summed E-state index contributed by atoms with van der Waals surface area (Å²) in [4.78, 5) is 10.5. The number of H-pyrrole nitrogens is 1. The molecule has 2 N–H and O–H groups in total. The number of fused-ring (bicyclic) bond motifs is 1. The van der Waals surface area contributed by atoms with E-state index in [2.05, 4.69) is 42.2 Å². The van der Waals surface area contributed by atoms with E-state index in [-0.39, 0.29) is 1.43 Å². The molecule has 5 rings (SSSR count). The van der Waals surface area contributed by atoms with Crippen LogP contribution in [0.15, 0.2) is 30.0 Å². The van der Waals surface area contributed by atoms with Crippen LogP contribution in [0.25, 0.3) is 22.2 Å². The SMILES string of the molecule is [HH].c1cc(N2CCCC3(CCCNC3)C2)c2c(-c3cnsc3)c[nH]c2n1. The van der Waals surface area contributed by atoms with Crippen LogP contribution in [-0.2, 0) is 0 Å². The van der Waals surface area contributed by atoms with Gasteiger partial charge in [-0.3, -0.25) is 0 Å². The fourth-order valence-electron chi connectivity index (χ4n) is 4.66. The van der Waals surface area contributed by atoms with E-state index in [1.165, 1.54) is 66.0 Å². The molecule has 2 aliphatic rings. The molecule has 1 unspecified atom stereocenters. The highest BCUT2D eigenvalue weighted by Crippen LogP contribution is 2.41. The predicted octanol–water partition coefficient (Wildman–Crippen LogP) is 3.90. The van der Waals surface area contributed by atoms with Crippen LogP contribution in [0.4, 0.5) is 5.69 Å². The third-order valence-corrected chi connectivity index (χ3v) is 6.44. The fraction of sp³-hybridized carbons (Fsp3) is 0.474. The largest absolute Gasteiger partial charge is 0.370 e. The van der Waals surface area contributed by atoms with Gasteiger partial charge in [0.2, 0.25) is 0 Å². The Morgan fingerprint density at radius 2 is 2.24 bits per heavy atom. The van der Waals surface area contributed by atoms with Crippen molar-refractivity contribution in [2.45, 2.75) is 25.7 Å². The van der Waals surface area contributed by atoms with E-state index in [0.717, 1.165) is 25.3 Å². The molecule has 5 nitrogen and oxygen atoms in total. The molecule has 0 radical (unpaired) electrons. The standard InChI is InChI=1S/C19H23N5S.H2/c1-4-19(12-20-6-1)5-2-8-24(13-19)16-3-7-21-18-17(16)15(10-22-18)14-9-23-25-11-14;/h3,7,9-11,20H,1-2,4-6,8,12-13H2,(H,21,22);1H. The first-order chi connectivity index (χ1) is 12.3. The topological polar surface area (TPSA) is 56.8 Å². The number of hydrogen-bond acceptors (Lipinski definition) is 5. The molecule has 0 amide bonds. The van der Waals surface area contributed by atoms with Crippen molar-refractivity contribution in [1.29, 1.82) is 0 Å². The molecular weight excluding hydrogens is 330 g/mol. The van der Waals surface area contributed by atoms with Gasteiger partial charge in [-0.2, -0.15) is 0 Å². The average molecular weight is 356 g/mol. The second-order valence-electron chi connectivity index (χ2n) is 7.47. The molecule has 25 heavy (non-hydrogen) atoms. The maximum Gasteiger partial charge on any atom is 0.139 e. The second-order valence-corrected chi connectivity index (χ2v) is 8.13. The van der Waals surface area contributed by atoms with Crippen LogP contribution in [0.3, 0.4) is 0 Å².